The van der Waals surface area contributed by atoms with Crippen LogP contribution in [0.4, 0.5) is 0 Å². The van der Waals surface area contributed by atoms with Crippen molar-refractivity contribution < 1.29 is 9.47 Å². The third kappa shape index (κ3) is 3.24. The Morgan fingerprint density at radius 3 is 2.94 bits per heavy atom. The summed E-state index contributed by atoms with van der Waals surface area (Å²) in [6.07, 6.45) is 2.56. The van der Waals surface area contributed by atoms with Crippen molar-refractivity contribution in [2.24, 2.45) is 0 Å². The van der Waals surface area contributed by atoms with Gasteiger partial charge in [-0.3, -0.25) is 0 Å². The van der Waals surface area contributed by atoms with Crippen LogP contribution in [-0.2, 0) is 4.74 Å². The molecule has 0 aliphatic carbocycles. The lowest BCUT2D eigenvalue weighted by Gasteiger charge is -2.19. The molecule has 17 heavy (non-hydrogen) atoms. The highest BCUT2D eigenvalue weighted by Gasteiger charge is 2.26. The molecule has 0 N–H and O–H groups in total. The first-order valence-electron chi connectivity index (χ1n) is 5.90. The van der Waals surface area contributed by atoms with Gasteiger partial charge in [-0.25, -0.2) is 0 Å². The number of ether oxygens (including phenoxy) is 2. The van der Waals surface area contributed by atoms with E-state index in [0.29, 0.717) is 6.61 Å². The number of hydrogen-bond acceptors (Lipinski definition) is 2. The van der Waals surface area contributed by atoms with Crippen LogP contribution in [0.3, 0.4) is 0 Å². The van der Waals surface area contributed by atoms with Crippen molar-refractivity contribution in [2.75, 3.05) is 13.2 Å². The van der Waals surface area contributed by atoms with Gasteiger partial charge in [0.2, 0.25) is 0 Å². The molecule has 0 spiro atoms. The van der Waals surface area contributed by atoms with Crippen LogP contribution < -0.4 is 4.74 Å². The summed E-state index contributed by atoms with van der Waals surface area (Å²) in [6.45, 7) is 3.55. The highest BCUT2D eigenvalue weighted by atomic mass is 79.9. The molecular formula is C13H16Br2O2. The van der Waals surface area contributed by atoms with Crippen LogP contribution in [0.15, 0.2) is 22.7 Å². The predicted molar refractivity (Wildman–Crippen MR) is 76.0 cm³/mol. The van der Waals surface area contributed by atoms with E-state index in [4.69, 9.17) is 9.47 Å². The Bertz CT molecular complexity index is 376. The Balaban J connectivity index is 2.14. The van der Waals surface area contributed by atoms with Gasteiger partial charge >= 0.3 is 0 Å². The van der Waals surface area contributed by atoms with E-state index in [-0.39, 0.29) is 10.9 Å². The normalized spacial score (nSPS) is 21.5. The molecule has 1 fully saturated rings. The van der Waals surface area contributed by atoms with E-state index in [2.05, 4.69) is 37.9 Å². The van der Waals surface area contributed by atoms with Gasteiger partial charge in [0.15, 0.2) is 0 Å². The van der Waals surface area contributed by atoms with E-state index in [1.165, 1.54) is 5.56 Å². The van der Waals surface area contributed by atoms with E-state index in [1.54, 1.807) is 0 Å². The van der Waals surface area contributed by atoms with E-state index in [1.807, 2.05) is 19.1 Å². The fraction of sp³-hybridized carbons (Fsp3) is 0.538. The molecule has 2 rings (SSSR count). The van der Waals surface area contributed by atoms with Gasteiger partial charge in [0, 0.05) is 11.1 Å². The molecule has 0 amide bonds. The maximum absolute atomic E-state index is 5.70. The second-order valence-corrected chi connectivity index (χ2v) is 5.91. The molecule has 0 bridgehead atoms. The Morgan fingerprint density at radius 2 is 2.35 bits per heavy atom. The van der Waals surface area contributed by atoms with Gasteiger partial charge in [0.05, 0.1) is 17.5 Å². The summed E-state index contributed by atoms with van der Waals surface area (Å²) in [5, 5.41) is 0. The third-order valence-corrected chi connectivity index (χ3v) is 4.64. The SMILES string of the molecule is CCOc1ccc(C(Br)C2CCCO2)c(Br)c1. The summed E-state index contributed by atoms with van der Waals surface area (Å²) in [6, 6.07) is 6.12. The maximum atomic E-state index is 5.70. The van der Waals surface area contributed by atoms with Crippen LogP contribution in [0.2, 0.25) is 0 Å². The Morgan fingerprint density at radius 1 is 1.53 bits per heavy atom. The number of rotatable bonds is 4. The number of halogens is 2. The van der Waals surface area contributed by atoms with E-state index < -0.39 is 0 Å². The molecule has 4 heteroatoms. The summed E-state index contributed by atoms with van der Waals surface area (Å²) in [7, 11) is 0. The lowest BCUT2D eigenvalue weighted by atomic mass is 10.1. The minimum atomic E-state index is 0.245. The summed E-state index contributed by atoms with van der Waals surface area (Å²) in [4.78, 5) is 0.245. The van der Waals surface area contributed by atoms with Crippen molar-refractivity contribution in [2.45, 2.75) is 30.7 Å². The summed E-state index contributed by atoms with van der Waals surface area (Å²) < 4.78 is 12.2. The van der Waals surface area contributed by atoms with E-state index in [9.17, 15) is 0 Å². The maximum Gasteiger partial charge on any atom is 0.120 e. The molecule has 1 aromatic carbocycles. The molecule has 0 saturated carbocycles. The van der Waals surface area contributed by atoms with Crippen molar-refractivity contribution in [1.29, 1.82) is 0 Å². The molecule has 1 heterocycles. The van der Waals surface area contributed by atoms with Gasteiger partial charge in [-0.05, 0) is 37.5 Å². The van der Waals surface area contributed by atoms with Crippen molar-refractivity contribution in [3.63, 3.8) is 0 Å². The number of alkyl halides is 1. The predicted octanol–water partition coefficient (Wildman–Crippen LogP) is 4.46. The zero-order valence-electron chi connectivity index (χ0n) is 9.79. The van der Waals surface area contributed by atoms with Gasteiger partial charge < -0.3 is 9.47 Å². The van der Waals surface area contributed by atoms with Gasteiger partial charge in [0.25, 0.3) is 0 Å². The zero-order chi connectivity index (χ0) is 12.3. The van der Waals surface area contributed by atoms with Crippen LogP contribution in [-0.4, -0.2) is 19.3 Å². The number of hydrogen-bond donors (Lipinski definition) is 0. The van der Waals surface area contributed by atoms with Crippen LogP contribution in [0, 0.1) is 0 Å². The average Bonchev–Trinajstić information content (AvgIpc) is 2.82. The van der Waals surface area contributed by atoms with Crippen LogP contribution in [0.1, 0.15) is 30.2 Å². The smallest absolute Gasteiger partial charge is 0.120 e. The standard InChI is InChI=1S/C13H16Br2O2/c1-2-16-9-5-6-10(11(14)8-9)13(15)12-4-3-7-17-12/h5-6,8,12-13H,2-4,7H2,1H3. The molecule has 1 aliphatic rings. The summed E-state index contributed by atoms with van der Waals surface area (Å²) >= 11 is 7.33. The monoisotopic (exact) mass is 362 g/mol. The molecule has 1 aliphatic heterocycles. The first kappa shape index (κ1) is 13.4. The highest BCUT2D eigenvalue weighted by molar-refractivity contribution is 9.11. The minimum absolute atomic E-state index is 0.245. The lowest BCUT2D eigenvalue weighted by molar-refractivity contribution is 0.110. The first-order chi connectivity index (χ1) is 8.22. The molecule has 1 saturated heterocycles. The average molecular weight is 364 g/mol. The lowest BCUT2D eigenvalue weighted by Crippen LogP contribution is -2.12. The van der Waals surface area contributed by atoms with Crippen molar-refractivity contribution in [3.8, 4) is 5.75 Å². The Labute approximate surface area is 119 Å². The van der Waals surface area contributed by atoms with Gasteiger partial charge in [-0.1, -0.05) is 37.9 Å². The molecule has 2 unspecified atom stereocenters. The van der Waals surface area contributed by atoms with E-state index in [0.717, 1.165) is 29.7 Å². The van der Waals surface area contributed by atoms with Crippen LogP contribution in [0.5, 0.6) is 5.75 Å². The Hall–Kier alpha value is -0.0600. The topological polar surface area (TPSA) is 18.5 Å². The van der Waals surface area contributed by atoms with Crippen molar-refractivity contribution in [3.05, 3.63) is 28.2 Å². The first-order valence-corrected chi connectivity index (χ1v) is 7.61. The quantitative estimate of drug-likeness (QED) is 0.735. The van der Waals surface area contributed by atoms with Gasteiger partial charge in [-0.2, -0.15) is 0 Å². The molecule has 1 aromatic rings. The molecule has 2 nitrogen and oxygen atoms in total. The minimum Gasteiger partial charge on any atom is -0.494 e. The fourth-order valence-electron chi connectivity index (χ4n) is 2.02. The Kier molecular flexibility index (Phi) is 4.88. The van der Waals surface area contributed by atoms with E-state index >= 15 is 0 Å². The van der Waals surface area contributed by atoms with Crippen LogP contribution >= 0.6 is 31.9 Å². The zero-order valence-corrected chi connectivity index (χ0v) is 13.0. The second-order valence-electron chi connectivity index (χ2n) is 4.07. The van der Waals surface area contributed by atoms with Crippen LogP contribution in [0.25, 0.3) is 0 Å². The largest absolute Gasteiger partial charge is 0.494 e. The number of benzene rings is 1. The summed E-state index contributed by atoms with van der Waals surface area (Å²) in [5.41, 5.74) is 1.22. The van der Waals surface area contributed by atoms with Gasteiger partial charge in [0.1, 0.15) is 5.75 Å². The van der Waals surface area contributed by atoms with Crippen molar-refractivity contribution >= 4 is 31.9 Å². The molecule has 94 valence electrons. The molecule has 0 radical (unpaired) electrons. The third-order valence-electron chi connectivity index (χ3n) is 2.87. The fourth-order valence-corrected chi connectivity index (χ4v) is 3.75. The molecule has 2 atom stereocenters. The molecular weight excluding hydrogens is 348 g/mol. The highest BCUT2D eigenvalue weighted by Crippen LogP contribution is 2.38. The molecule has 0 aromatic heterocycles. The second kappa shape index (κ2) is 6.21. The van der Waals surface area contributed by atoms with Gasteiger partial charge in [-0.15, -0.1) is 0 Å². The van der Waals surface area contributed by atoms with Crippen molar-refractivity contribution in [1.82, 2.24) is 0 Å². The summed E-state index contributed by atoms with van der Waals surface area (Å²) in [5.74, 6) is 0.898.